The molecule has 0 spiro atoms. The third-order valence-electron chi connectivity index (χ3n) is 1.39. The van der Waals surface area contributed by atoms with Gasteiger partial charge in [-0.1, -0.05) is 0 Å². The van der Waals surface area contributed by atoms with Crippen LogP contribution in [0.25, 0.3) is 0 Å². The Hall–Kier alpha value is -0.650. The summed E-state index contributed by atoms with van der Waals surface area (Å²) >= 11 is 0. The van der Waals surface area contributed by atoms with E-state index in [9.17, 15) is 9.90 Å². The molecule has 0 saturated heterocycles. The maximum absolute atomic E-state index is 10.5. The Balaban J connectivity index is 3.68. The number of carboxylic acid groups (broad SMARTS) is 1. The summed E-state index contributed by atoms with van der Waals surface area (Å²) in [5.74, 6) is -0.960. The monoisotopic (exact) mass is 191 g/mol. The van der Waals surface area contributed by atoms with Gasteiger partial charge in [0.1, 0.15) is 6.04 Å². The van der Waals surface area contributed by atoms with Crippen LogP contribution in [0.5, 0.6) is 0 Å². The van der Waals surface area contributed by atoms with Crippen LogP contribution in [-0.4, -0.2) is 48.1 Å². The molecule has 0 amide bonds. The normalized spacial score (nSPS) is 14.2. The lowest BCUT2D eigenvalue weighted by Gasteiger charge is -2.18. The van der Waals surface area contributed by atoms with E-state index in [0.29, 0.717) is 0 Å². The average molecular weight is 191 g/mol. The van der Waals surface area contributed by atoms with Crippen molar-refractivity contribution in [2.24, 2.45) is 0 Å². The highest BCUT2D eigenvalue weighted by molar-refractivity contribution is 5.73. The van der Waals surface area contributed by atoms with Crippen molar-refractivity contribution in [3.63, 3.8) is 0 Å². The second kappa shape index (κ2) is 5.16. The summed E-state index contributed by atoms with van der Waals surface area (Å²) in [6.45, 7) is 3.37. The molecular weight excluding hydrogens is 174 g/mol. The summed E-state index contributed by atoms with van der Waals surface area (Å²) in [6, 6.07) is -0.720. The Morgan fingerprint density at radius 1 is 1.62 bits per heavy atom. The first kappa shape index (κ1) is 12.3. The zero-order valence-corrected chi connectivity index (χ0v) is 8.20. The number of ether oxygens (including phenoxy) is 1. The third kappa shape index (κ3) is 6.51. The van der Waals surface area contributed by atoms with Crippen LogP contribution in [0.4, 0.5) is 0 Å². The van der Waals surface area contributed by atoms with Crippen LogP contribution in [0, 0.1) is 0 Å². The lowest BCUT2D eigenvalue weighted by Crippen LogP contribution is -2.39. The van der Waals surface area contributed by atoms with Crippen LogP contribution in [-0.2, 0) is 9.53 Å². The van der Waals surface area contributed by atoms with Crippen molar-refractivity contribution < 1.29 is 19.7 Å². The standard InChI is InChI=1S/C8H17NO4/c1-8(2,12)5-13-4-6(9-3)7(10)11/h6,9,12H,4-5H2,1-3H3,(H,10,11). The van der Waals surface area contributed by atoms with E-state index in [2.05, 4.69) is 5.32 Å². The van der Waals surface area contributed by atoms with E-state index in [-0.39, 0.29) is 13.2 Å². The molecule has 0 saturated carbocycles. The molecule has 1 atom stereocenters. The molecule has 0 aliphatic rings. The van der Waals surface area contributed by atoms with Gasteiger partial charge < -0.3 is 20.3 Å². The van der Waals surface area contributed by atoms with E-state index < -0.39 is 17.6 Å². The van der Waals surface area contributed by atoms with Gasteiger partial charge in [-0.15, -0.1) is 0 Å². The van der Waals surface area contributed by atoms with Crippen LogP contribution in [0.15, 0.2) is 0 Å². The highest BCUT2D eigenvalue weighted by Crippen LogP contribution is 2.01. The zero-order valence-electron chi connectivity index (χ0n) is 8.20. The number of hydrogen-bond donors (Lipinski definition) is 3. The summed E-state index contributed by atoms with van der Waals surface area (Å²) in [4.78, 5) is 10.5. The molecule has 0 radical (unpaired) electrons. The van der Waals surface area contributed by atoms with Gasteiger partial charge in [0.2, 0.25) is 0 Å². The molecule has 0 aromatic rings. The highest BCUT2D eigenvalue weighted by atomic mass is 16.5. The van der Waals surface area contributed by atoms with Gasteiger partial charge in [-0.25, -0.2) is 0 Å². The molecule has 1 unspecified atom stereocenters. The van der Waals surface area contributed by atoms with E-state index in [4.69, 9.17) is 9.84 Å². The zero-order chi connectivity index (χ0) is 10.5. The van der Waals surface area contributed by atoms with Crippen molar-refractivity contribution in [3.8, 4) is 0 Å². The third-order valence-corrected chi connectivity index (χ3v) is 1.39. The number of carbonyl (C=O) groups is 1. The van der Waals surface area contributed by atoms with E-state index >= 15 is 0 Å². The quantitative estimate of drug-likeness (QED) is 0.525. The van der Waals surface area contributed by atoms with Crippen LogP contribution >= 0.6 is 0 Å². The number of rotatable bonds is 6. The first-order valence-corrected chi connectivity index (χ1v) is 4.07. The molecule has 5 heteroatoms. The van der Waals surface area contributed by atoms with E-state index in [1.165, 1.54) is 0 Å². The first-order chi connectivity index (χ1) is 5.87. The lowest BCUT2D eigenvalue weighted by atomic mass is 10.2. The molecule has 0 heterocycles. The smallest absolute Gasteiger partial charge is 0.323 e. The molecule has 13 heavy (non-hydrogen) atoms. The molecule has 0 fully saturated rings. The molecule has 0 aromatic carbocycles. The minimum absolute atomic E-state index is 0.0514. The van der Waals surface area contributed by atoms with Gasteiger partial charge in [-0.2, -0.15) is 0 Å². The summed E-state index contributed by atoms with van der Waals surface area (Å²) in [7, 11) is 1.55. The average Bonchev–Trinajstić information content (AvgIpc) is 1.95. The number of nitrogens with one attached hydrogen (secondary N) is 1. The summed E-state index contributed by atoms with van der Waals surface area (Å²) in [6.07, 6.45) is 0. The fourth-order valence-corrected chi connectivity index (χ4v) is 0.705. The molecule has 3 N–H and O–H groups in total. The second-order valence-electron chi connectivity index (χ2n) is 3.51. The van der Waals surface area contributed by atoms with Crippen molar-refractivity contribution in [3.05, 3.63) is 0 Å². The molecule has 0 aliphatic heterocycles. The van der Waals surface area contributed by atoms with Gasteiger partial charge in [-0.3, -0.25) is 4.79 Å². The Morgan fingerprint density at radius 2 is 2.15 bits per heavy atom. The summed E-state index contributed by atoms with van der Waals surface area (Å²) in [5, 5.41) is 20.4. The number of aliphatic carboxylic acids is 1. The van der Waals surface area contributed by atoms with E-state index in [1.54, 1.807) is 20.9 Å². The van der Waals surface area contributed by atoms with Gasteiger partial charge in [0.15, 0.2) is 0 Å². The maximum atomic E-state index is 10.5. The van der Waals surface area contributed by atoms with Crippen LogP contribution in [0.3, 0.4) is 0 Å². The summed E-state index contributed by atoms with van der Waals surface area (Å²) in [5.41, 5.74) is -0.920. The largest absolute Gasteiger partial charge is 0.480 e. The SMILES string of the molecule is CNC(COCC(C)(C)O)C(=O)O. The Morgan fingerprint density at radius 3 is 2.46 bits per heavy atom. The topological polar surface area (TPSA) is 78.8 Å². The molecule has 0 bridgehead atoms. The molecule has 0 aliphatic carbocycles. The molecule has 0 rings (SSSR count). The fourth-order valence-electron chi connectivity index (χ4n) is 0.705. The van der Waals surface area contributed by atoms with Gasteiger partial charge in [0, 0.05) is 0 Å². The molecule has 0 aromatic heterocycles. The van der Waals surface area contributed by atoms with E-state index in [0.717, 1.165) is 0 Å². The van der Waals surface area contributed by atoms with Crippen molar-refractivity contribution in [2.75, 3.05) is 20.3 Å². The van der Waals surface area contributed by atoms with Gasteiger partial charge in [0.05, 0.1) is 18.8 Å². The Labute approximate surface area is 77.7 Å². The van der Waals surface area contributed by atoms with Crippen molar-refractivity contribution in [1.29, 1.82) is 0 Å². The first-order valence-electron chi connectivity index (χ1n) is 4.07. The maximum Gasteiger partial charge on any atom is 0.323 e. The van der Waals surface area contributed by atoms with Crippen LogP contribution < -0.4 is 5.32 Å². The predicted octanol–water partition coefficient (Wildman–Crippen LogP) is -0.553. The highest BCUT2D eigenvalue weighted by Gasteiger charge is 2.17. The summed E-state index contributed by atoms with van der Waals surface area (Å²) < 4.78 is 5.02. The Bertz CT molecular complexity index is 164. The van der Waals surface area contributed by atoms with Crippen LogP contribution in [0.1, 0.15) is 13.8 Å². The van der Waals surface area contributed by atoms with E-state index in [1.807, 2.05) is 0 Å². The molecule has 5 nitrogen and oxygen atoms in total. The Kier molecular flexibility index (Phi) is 4.90. The van der Waals surface area contributed by atoms with Crippen molar-refractivity contribution >= 4 is 5.97 Å². The van der Waals surface area contributed by atoms with Crippen LogP contribution in [0.2, 0.25) is 0 Å². The number of likely N-dealkylation sites (N-methyl/N-ethyl adjacent to an activating group) is 1. The van der Waals surface area contributed by atoms with Gasteiger partial charge in [-0.05, 0) is 20.9 Å². The second-order valence-corrected chi connectivity index (χ2v) is 3.51. The minimum atomic E-state index is -0.960. The van der Waals surface area contributed by atoms with Crippen molar-refractivity contribution in [2.45, 2.75) is 25.5 Å². The minimum Gasteiger partial charge on any atom is -0.480 e. The molecule has 78 valence electrons. The number of hydrogen-bond acceptors (Lipinski definition) is 4. The van der Waals surface area contributed by atoms with Crippen molar-refractivity contribution in [1.82, 2.24) is 5.32 Å². The fraction of sp³-hybridized carbons (Fsp3) is 0.875. The molecular formula is C8H17NO4. The number of carboxylic acids is 1. The lowest BCUT2D eigenvalue weighted by molar-refractivity contribution is -0.141. The van der Waals surface area contributed by atoms with Gasteiger partial charge >= 0.3 is 5.97 Å². The van der Waals surface area contributed by atoms with Gasteiger partial charge in [0.25, 0.3) is 0 Å². The predicted molar refractivity (Wildman–Crippen MR) is 47.6 cm³/mol. The number of aliphatic hydroxyl groups is 1.